The van der Waals surface area contributed by atoms with Gasteiger partial charge in [-0.15, -0.1) is 0 Å². The Morgan fingerprint density at radius 2 is 2.05 bits per heavy atom. The molecule has 0 aromatic heterocycles. The molecule has 0 saturated carbocycles. The molecule has 5 nitrogen and oxygen atoms in total. The Kier molecular flexibility index (Phi) is 5.75. The Morgan fingerprint density at radius 1 is 1.29 bits per heavy atom. The lowest BCUT2D eigenvalue weighted by molar-refractivity contribution is -0.121. The van der Waals surface area contributed by atoms with Gasteiger partial charge in [-0.2, -0.15) is 0 Å². The van der Waals surface area contributed by atoms with Crippen LogP contribution in [-0.4, -0.2) is 31.4 Å². The van der Waals surface area contributed by atoms with Crippen LogP contribution in [-0.2, 0) is 11.3 Å². The summed E-state index contributed by atoms with van der Waals surface area (Å²) in [5.41, 5.74) is 1.62. The fourth-order valence-electron chi connectivity index (χ4n) is 2.52. The predicted octanol–water partition coefficient (Wildman–Crippen LogP) is 1.19. The number of amides is 2. The quantitative estimate of drug-likeness (QED) is 0.737. The van der Waals surface area contributed by atoms with Gasteiger partial charge in [0.2, 0.25) is 5.91 Å². The number of nitrogens with one attached hydrogen (secondary N) is 3. The molecule has 2 amide bonds. The maximum Gasteiger partial charge on any atom is 0.251 e. The Labute approximate surface area is 125 Å². The van der Waals surface area contributed by atoms with Crippen LogP contribution in [0.4, 0.5) is 0 Å². The van der Waals surface area contributed by atoms with Crippen molar-refractivity contribution in [2.75, 3.05) is 13.6 Å². The highest BCUT2D eigenvalue weighted by molar-refractivity contribution is 5.93. The van der Waals surface area contributed by atoms with Crippen LogP contribution in [0.5, 0.6) is 0 Å². The minimum Gasteiger partial charge on any atom is -0.355 e. The average Bonchev–Trinajstić information content (AvgIpc) is 3.04. The van der Waals surface area contributed by atoms with Crippen molar-refractivity contribution in [1.29, 1.82) is 0 Å². The minimum atomic E-state index is -0.102. The molecule has 5 heteroatoms. The molecule has 0 radical (unpaired) electrons. The molecular formula is C16H23N3O2. The van der Waals surface area contributed by atoms with Crippen LogP contribution < -0.4 is 16.0 Å². The molecular weight excluding hydrogens is 266 g/mol. The maximum atomic E-state index is 11.8. The molecule has 0 bridgehead atoms. The third-order valence-corrected chi connectivity index (χ3v) is 3.82. The van der Waals surface area contributed by atoms with Crippen LogP contribution in [0.1, 0.15) is 41.6 Å². The van der Waals surface area contributed by atoms with Gasteiger partial charge < -0.3 is 16.0 Å². The van der Waals surface area contributed by atoms with E-state index in [9.17, 15) is 9.59 Å². The number of carbonyl (C=O) groups excluding carboxylic acids is 2. The van der Waals surface area contributed by atoms with Crippen LogP contribution in [0.3, 0.4) is 0 Å². The largest absolute Gasteiger partial charge is 0.355 e. The van der Waals surface area contributed by atoms with E-state index in [1.54, 1.807) is 19.2 Å². The van der Waals surface area contributed by atoms with Crippen molar-refractivity contribution in [3.05, 3.63) is 35.4 Å². The maximum absolute atomic E-state index is 11.8. The molecule has 114 valence electrons. The number of hydrogen-bond acceptors (Lipinski definition) is 3. The van der Waals surface area contributed by atoms with E-state index in [1.165, 1.54) is 12.8 Å². The van der Waals surface area contributed by atoms with Gasteiger partial charge in [-0.25, -0.2) is 0 Å². The second-order valence-corrected chi connectivity index (χ2v) is 5.38. The molecule has 1 unspecified atom stereocenters. The molecule has 1 aromatic rings. The van der Waals surface area contributed by atoms with Crippen LogP contribution in [0.2, 0.25) is 0 Å². The average molecular weight is 289 g/mol. The zero-order chi connectivity index (χ0) is 15.1. The van der Waals surface area contributed by atoms with E-state index < -0.39 is 0 Å². The van der Waals surface area contributed by atoms with Crippen molar-refractivity contribution in [3.63, 3.8) is 0 Å². The van der Waals surface area contributed by atoms with Crippen LogP contribution in [0, 0.1) is 0 Å². The molecule has 1 fully saturated rings. The zero-order valence-corrected chi connectivity index (χ0v) is 12.4. The smallest absolute Gasteiger partial charge is 0.251 e. The van der Waals surface area contributed by atoms with E-state index >= 15 is 0 Å². The topological polar surface area (TPSA) is 70.2 Å². The van der Waals surface area contributed by atoms with Crippen molar-refractivity contribution in [2.45, 2.75) is 38.3 Å². The van der Waals surface area contributed by atoms with Gasteiger partial charge in [-0.05, 0) is 43.5 Å². The van der Waals surface area contributed by atoms with Gasteiger partial charge in [0, 0.05) is 31.6 Å². The summed E-state index contributed by atoms with van der Waals surface area (Å²) < 4.78 is 0. The van der Waals surface area contributed by atoms with E-state index in [1.807, 2.05) is 12.1 Å². The molecule has 1 aliphatic rings. The zero-order valence-electron chi connectivity index (χ0n) is 12.4. The summed E-state index contributed by atoms with van der Waals surface area (Å²) >= 11 is 0. The molecule has 1 aromatic carbocycles. The highest BCUT2D eigenvalue weighted by Crippen LogP contribution is 2.10. The molecule has 1 aliphatic heterocycles. The SMILES string of the molecule is CNC(=O)c1ccc(CNC(=O)CCC2CCCN2)cc1. The Balaban J connectivity index is 1.71. The molecule has 1 heterocycles. The highest BCUT2D eigenvalue weighted by atomic mass is 16.2. The monoisotopic (exact) mass is 289 g/mol. The fraction of sp³-hybridized carbons (Fsp3) is 0.500. The molecule has 3 N–H and O–H groups in total. The summed E-state index contributed by atoms with van der Waals surface area (Å²) in [6, 6.07) is 7.76. The van der Waals surface area contributed by atoms with Crippen LogP contribution >= 0.6 is 0 Å². The van der Waals surface area contributed by atoms with E-state index in [4.69, 9.17) is 0 Å². The van der Waals surface area contributed by atoms with E-state index in [0.29, 0.717) is 24.6 Å². The van der Waals surface area contributed by atoms with Gasteiger partial charge >= 0.3 is 0 Å². The lowest BCUT2D eigenvalue weighted by Gasteiger charge is -2.10. The highest BCUT2D eigenvalue weighted by Gasteiger charge is 2.15. The summed E-state index contributed by atoms with van der Waals surface area (Å²) in [6.45, 7) is 1.58. The van der Waals surface area contributed by atoms with Gasteiger partial charge in [0.1, 0.15) is 0 Å². The van der Waals surface area contributed by atoms with Gasteiger partial charge in [-0.3, -0.25) is 9.59 Å². The first-order valence-electron chi connectivity index (χ1n) is 7.50. The summed E-state index contributed by atoms with van der Waals surface area (Å²) in [5.74, 6) is -0.0197. The van der Waals surface area contributed by atoms with E-state index in [0.717, 1.165) is 18.5 Å². The molecule has 2 rings (SSSR count). The first-order valence-corrected chi connectivity index (χ1v) is 7.50. The first kappa shape index (κ1) is 15.5. The van der Waals surface area contributed by atoms with Crippen molar-refractivity contribution in [1.82, 2.24) is 16.0 Å². The number of carbonyl (C=O) groups is 2. The predicted molar refractivity (Wildman–Crippen MR) is 81.9 cm³/mol. The Bertz CT molecular complexity index is 479. The second kappa shape index (κ2) is 7.78. The summed E-state index contributed by atoms with van der Waals surface area (Å²) in [7, 11) is 1.61. The number of benzene rings is 1. The van der Waals surface area contributed by atoms with Crippen LogP contribution in [0.15, 0.2) is 24.3 Å². The van der Waals surface area contributed by atoms with Crippen molar-refractivity contribution in [2.24, 2.45) is 0 Å². The normalized spacial score (nSPS) is 17.5. The third-order valence-electron chi connectivity index (χ3n) is 3.82. The number of hydrogen-bond donors (Lipinski definition) is 3. The molecule has 1 atom stereocenters. The second-order valence-electron chi connectivity index (χ2n) is 5.38. The summed E-state index contributed by atoms with van der Waals surface area (Å²) in [6.07, 6.45) is 3.85. The minimum absolute atomic E-state index is 0.0825. The van der Waals surface area contributed by atoms with Crippen molar-refractivity contribution < 1.29 is 9.59 Å². The molecule has 0 spiro atoms. The number of rotatable bonds is 6. The standard InChI is InChI=1S/C16H23N3O2/c1-17-16(21)13-6-4-12(5-7-13)11-19-15(20)9-8-14-3-2-10-18-14/h4-7,14,18H,2-3,8-11H2,1H3,(H,17,21)(H,19,20). The van der Waals surface area contributed by atoms with Gasteiger partial charge in [-0.1, -0.05) is 12.1 Å². The van der Waals surface area contributed by atoms with Crippen LogP contribution in [0.25, 0.3) is 0 Å². The first-order chi connectivity index (χ1) is 10.2. The lowest BCUT2D eigenvalue weighted by Crippen LogP contribution is -2.27. The van der Waals surface area contributed by atoms with E-state index in [-0.39, 0.29) is 11.8 Å². The third kappa shape index (κ3) is 4.86. The lowest BCUT2D eigenvalue weighted by atomic mass is 10.1. The Morgan fingerprint density at radius 3 is 2.67 bits per heavy atom. The van der Waals surface area contributed by atoms with Gasteiger partial charge in [0.25, 0.3) is 5.91 Å². The van der Waals surface area contributed by atoms with Crippen molar-refractivity contribution in [3.8, 4) is 0 Å². The Hall–Kier alpha value is -1.88. The van der Waals surface area contributed by atoms with Gasteiger partial charge in [0.05, 0.1) is 0 Å². The van der Waals surface area contributed by atoms with Crippen molar-refractivity contribution >= 4 is 11.8 Å². The molecule has 1 saturated heterocycles. The molecule has 21 heavy (non-hydrogen) atoms. The fourth-order valence-corrected chi connectivity index (χ4v) is 2.52. The summed E-state index contributed by atoms with van der Waals surface area (Å²) in [5, 5.41) is 8.89. The molecule has 0 aliphatic carbocycles. The summed E-state index contributed by atoms with van der Waals surface area (Å²) in [4.78, 5) is 23.2. The van der Waals surface area contributed by atoms with Gasteiger partial charge in [0.15, 0.2) is 0 Å². The van der Waals surface area contributed by atoms with E-state index in [2.05, 4.69) is 16.0 Å².